The van der Waals surface area contributed by atoms with E-state index in [0.717, 1.165) is 5.01 Å². The average Bonchev–Trinajstić information content (AvgIpc) is 2.48. The zero-order valence-corrected chi connectivity index (χ0v) is 12.9. The molecular formula is C15H20N2O5. The standard InChI is InChI=1S/C15H20N2O5/c1-4-21-14(19)16-17(15(20)22-5-2)13(11(3)18)12-9-7-6-8-10-12/h6-10,13H,4-5H2,1-3H3,(H,16,19)/t13-/m1/s1. The number of carbonyl (C=O) groups is 3. The van der Waals surface area contributed by atoms with Crippen LogP contribution in [0.4, 0.5) is 9.59 Å². The molecule has 0 aliphatic heterocycles. The Hall–Kier alpha value is -2.57. The van der Waals surface area contributed by atoms with Gasteiger partial charge < -0.3 is 9.47 Å². The van der Waals surface area contributed by atoms with E-state index >= 15 is 0 Å². The highest BCUT2D eigenvalue weighted by Gasteiger charge is 2.32. The van der Waals surface area contributed by atoms with Gasteiger partial charge in [-0.05, 0) is 26.3 Å². The van der Waals surface area contributed by atoms with Crippen LogP contribution in [0.25, 0.3) is 0 Å². The van der Waals surface area contributed by atoms with Crippen LogP contribution in [0, 0.1) is 0 Å². The van der Waals surface area contributed by atoms with E-state index in [1.165, 1.54) is 6.92 Å². The molecule has 0 heterocycles. The molecule has 0 fully saturated rings. The third kappa shape index (κ3) is 4.76. The molecule has 0 spiro atoms. The summed E-state index contributed by atoms with van der Waals surface area (Å²) >= 11 is 0. The van der Waals surface area contributed by atoms with E-state index in [9.17, 15) is 14.4 Å². The molecule has 2 amide bonds. The molecule has 0 aliphatic rings. The lowest BCUT2D eigenvalue weighted by Gasteiger charge is -2.29. The van der Waals surface area contributed by atoms with Crippen molar-refractivity contribution in [3.05, 3.63) is 35.9 Å². The largest absolute Gasteiger partial charge is 0.449 e. The Morgan fingerprint density at radius 1 is 1.09 bits per heavy atom. The lowest BCUT2D eigenvalue weighted by Crippen LogP contribution is -2.50. The van der Waals surface area contributed by atoms with E-state index in [1.807, 2.05) is 0 Å². The summed E-state index contributed by atoms with van der Waals surface area (Å²) in [5.74, 6) is -0.323. The Kier molecular flexibility index (Phi) is 6.88. The fraction of sp³-hybridized carbons (Fsp3) is 0.400. The van der Waals surface area contributed by atoms with E-state index in [0.29, 0.717) is 5.56 Å². The van der Waals surface area contributed by atoms with Crippen molar-refractivity contribution in [2.45, 2.75) is 26.8 Å². The van der Waals surface area contributed by atoms with Crippen molar-refractivity contribution >= 4 is 18.0 Å². The fourth-order valence-electron chi connectivity index (χ4n) is 1.87. The van der Waals surface area contributed by atoms with Gasteiger partial charge in [0.1, 0.15) is 6.04 Å². The summed E-state index contributed by atoms with van der Waals surface area (Å²) in [6.45, 7) is 4.84. The van der Waals surface area contributed by atoms with E-state index in [2.05, 4.69) is 5.43 Å². The Labute approximate surface area is 129 Å². The van der Waals surface area contributed by atoms with Gasteiger partial charge >= 0.3 is 12.2 Å². The van der Waals surface area contributed by atoms with Crippen molar-refractivity contribution < 1.29 is 23.9 Å². The summed E-state index contributed by atoms with van der Waals surface area (Å²) in [5, 5.41) is 0.846. The molecule has 0 saturated carbocycles. The predicted octanol–water partition coefficient (Wildman–Crippen LogP) is 2.44. The second-order valence-electron chi connectivity index (χ2n) is 4.33. The summed E-state index contributed by atoms with van der Waals surface area (Å²) in [5.41, 5.74) is 2.81. The minimum Gasteiger partial charge on any atom is -0.449 e. The summed E-state index contributed by atoms with van der Waals surface area (Å²) in [6.07, 6.45) is -1.67. The van der Waals surface area contributed by atoms with Gasteiger partial charge in [-0.15, -0.1) is 0 Å². The molecule has 1 aromatic rings. The van der Waals surface area contributed by atoms with Gasteiger partial charge in [-0.1, -0.05) is 30.3 Å². The van der Waals surface area contributed by atoms with Crippen molar-refractivity contribution in [3.63, 3.8) is 0 Å². The lowest BCUT2D eigenvalue weighted by atomic mass is 10.0. The molecule has 0 saturated heterocycles. The third-order valence-electron chi connectivity index (χ3n) is 2.71. The molecule has 1 aromatic carbocycles. The van der Waals surface area contributed by atoms with Crippen LogP contribution < -0.4 is 5.43 Å². The van der Waals surface area contributed by atoms with Gasteiger partial charge in [-0.3, -0.25) is 4.79 Å². The van der Waals surface area contributed by atoms with Gasteiger partial charge in [0.2, 0.25) is 0 Å². The van der Waals surface area contributed by atoms with Gasteiger partial charge in [-0.25, -0.2) is 20.0 Å². The first kappa shape index (κ1) is 17.5. The van der Waals surface area contributed by atoms with Crippen molar-refractivity contribution in [1.82, 2.24) is 10.4 Å². The molecular weight excluding hydrogens is 288 g/mol. The van der Waals surface area contributed by atoms with Crippen LogP contribution in [0.15, 0.2) is 30.3 Å². The molecule has 0 aliphatic carbocycles. The van der Waals surface area contributed by atoms with Crippen molar-refractivity contribution in [3.8, 4) is 0 Å². The summed E-state index contributed by atoms with van der Waals surface area (Å²) < 4.78 is 9.66. The van der Waals surface area contributed by atoms with Crippen LogP contribution >= 0.6 is 0 Å². The average molecular weight is 308 g/mol. The normalized spacial score (nSPS) is 11.2. The fourth-order valence-corrected chi connectivity index (χ4v) is 1.87. The molecule has 7 nitrogen and oxygen atoms in total. The van der Waals surface area contributed by atoms with E-state index in [-0.39, 0.29) is 19.0 Å². The quantitative estimate of drug-likeness (QED) is 0.844. The first-order valence-electron chi connectivity index (χ1n) is 6.96. The molecule has 1 N–H and O–H groups in total. The maximum atomic E-state index is 12.1. The van der Waals surface area contributed by atoms with Gasteiger partial charge in [0.05, 0.1) is 13.2 Å². The number of nitrogens with one attached hydrogen (secondary N) is 1. The number of carbonyl (C=O) groups excluding carboxylic acids is 3. The van der Waals surface area contributed by atoms with Crippen LogP contribution in [0.5, 0.6) is 0 Å². The maximum absolute atomic E-state index is 12.1. The zero-order chi connectivity index (χ0) is 16.5. The SMILES string of the molecule is CCOC(=O)NN(C(=O)OCC)[C@H](C(C)=O)c1ccccc1. The minimum absolute atomic E-state index is 0.110. The molecule has 0 unspecified atom stereocenters. The second kappa shape index (κ2) is 8.66. The van der Waals surface area contributed by atoms with Gasteiger partial charge in [0, 0.05) is 0 Å². The molecule has 1 rings (SSSR count). The van der Waals surface area contributed by atoms with Crippen LogP contribution in [-0.4, -0.2) is 36.2 Å². The molecule has 1 atom stereocenters. The first-order chi connectivity index (χ1) is 10.5. The Morgan fingerprint density at radius 2 is 1.68 bits per heavy atom. The van der Waals surface area contributed by atoms with Crippen molar-refractivity contribution in [1.29, 1.82) is 0 Å². The van der Waals surface area contributed by atoms with Crippen LogP contribution in [0.2, 0.25) is 0 Å². The highest BCUT2D eigenvalue weighted by Crippen LogP contribution is 2.21. The van der Waals surface area contributed by atoms with Crippen LogP contribution in [0.3, 0.4) is 0 Å². The number of amides is 2. The van der Waals surface area contributed by atoms with Crippen molar-refractivity contribution in [2.75, 3.05) is 13.2 Å². The lowest BCUT2D eigenvalue weighted by molar-refractivity contribution is -0.122. The topological polar surface area (TPSA) is 84.9 Å². The number of ketones is 1. The summed E-state index contributed by atoms with van der Waals surface area (Å²) in [4.78, 5) is 35.7. The van der Waals surface area contributed by atoms with Gasteiger partial charge in [0.25, 0.3) is 0 Å². The highest BCUT2D eigenvalue weighted by atomic mass is 16.6. The molecule has 0 radical (unpaired) electrons. The molecule has 120 valence electrons. The van der Waals surface area contributed by atoms with Gasteiger partial charge in [0.15, 0.2) is 5.78 Å². The van der Waals surface area contributed by atoms with E-state index in [1.54, 1.807) is 44.2 Å². The van der Waals surface area contributed by atoms with E-state index < -0.39 is 18.2 Å². The minimum atomic E-state index is -0.996. The molecule has 0 bridgehead atoms. The van der Waals surface area contributed by atoms with Crippen molar-refractivity contribution in [2.24, 2.45) is 0 Å². The number of nitrogens with zero attached hydrogens (tertiary/aromatic N) is 1. The molecule has 22 heavy (non-hydrogen) atoms. The number of ether oxygens (including phenoxy) is 2. The predicted molar refractivity (Wildman–Crippen MR) is 78.9 cm³/mol. The summed E-state index contributed by atoms with van der Waals surface area (Å²) in [7, 11) is 0. The number of benzene rings is 1. The number of hydrazine groups is 1. The maximum Gasteiger partial charge on any atom is 0.429 e. The first-order valence-corrected chi connectivity index (χ1v) is 6.96. The van der Waals surface area contributed by atoms with Crippen LogP contribution in [0.1, 0.15) is 32.4 Å². The number of hydrogen-bond acceptors (Lipinski definition) is 5. The van der Waals surface area contributed by atoms with E-state index in [4.69, 9.17) is 9.47 Å². The Bertz CT molecular complexity index is 518. The zero-order valence-electron chi connectivity index (χ0n) is 12.9. The van der Waals surface area contributed by atoms with Crippen LogP contribution in [-0.2, 0) is 14.3 Å². The smallest absolute Gasteiger partial charge is 0.429 e. The second-order valence-corrected chi connectivity index (χ2v) is 4.33. The monoisotopic (exact) mass is 308 g/mol. The highest BCUT2D eigenvalue weighted by molar-refractivity contribution is 5.87. The molecule has 0 aromatic heterocycles. The third-order valence-corrected chi connectivity index (χ3v) is 2.71. The number of Topliss-reactive ketones (excluding diaryl/α,β-unsaturated/α-hetero) is 1. The Morgan fingerprint density at radius 3 is 2.18 bits per heavy atom. The van der Waals surface area contributed by atoms with Gasteiger partial charge in [-0.2, -0.15) is 0 Å². The summed E-state index contributed by atoms with van der Waals surface area (Å²) in [6, 6.07) is 7.63. The molecule has 7 heteroatoms. The number of rotatable bonds is 5. The Balaban J connectivity index is 3.11. The number of hydrogen-bond donors (Lipinski definition) is 1.